The third-order valence-electron chi connectivity index (χ3n) is 17.3. The van der Waals surface area contributed by atoms with Crippen LogP contribution in [-0.2, 0) is 65.4 Å². The van der Waals surface area contributed by atoms with Crippen molar-refractivity contribution in [2.75, 3.05) is 39.6 Å². The van der Waals surface area contributed by atoms with Crippen molar-refractivity contribution in [1.82, 2.24) is 0 Å². The second-order valence-corrected chi connectivity index (χ2v) is 30.3. The van der Waals surface area contributed by atoms with E-state index in [1.54, 1.807) is 0 Å². The van der Waals surface area contributed by atoms with E-state index in [2.05, 4.69) is 55.4 Å². The van der Waals surface area contributed by atoms with Gasteiger partial charge in [0.15, 0.2) is 12.2 Å². The van der Waals surface area contributed by atoms with Crippen LogP contribution in [0.25, 0.3) is 0 Å². The number of carbonyl (C=O) groups excluding carboxylic acids is 4. The smallest absolute Gasteiger partial charge is 0.462 e. The SMILES string of the molecule is CCC(C)CCCCCCCCC(=O)O[C@H](COC(=O)CCCCCCCCCCCCCCCCCCCCC(C)C)COP(=O)(O)OCC(O)COP(=O)(O)OC[C@@H](COC(=O)CCCCCCCCCC(C)C)OC(=O)CCCCCCCCC(C)CC. The van der Waals surface area contributed by atoms with Gasteiger partial charge < -0.3 is 33.8 Å². The lowest BCUT2D eigenvalue weighted by molar-refractivity contribution is -0.161. The highest BCUT2D eigenvalue weighted by Gasteiger charge is 2.30. The number of rotatable bonds is 69. The van der Waals surface area contributed by atoms with Gasteiger partial charge in [-0.3, -0.25) is 37.3 Å². The first-order valence-corrected chi connectivity index (χ1v) is 40.3. The molecule has 7 atom stereocenters. The number of carbonyl (C=O) groups is 4. The Labute approximate surface area is 556 Å². The molecular weight excluding hydrogens is 1200 g/mol. The molecule has 0 aromatic heterocycles. The third-order valence-corrected chi connectivity index (χ3v) is 19.2. The number of phosphoric acid groups is 2. The van der Waals surface area contributed by atoms with E-state index < -0.39 is 97.5 Å². The van der Waals surface area contributed by atoms with Gasteiger partial charge in [-0.2, -0.15) is 0 Å². The van der Waals surface area contributed by atoms with Gasteiger partial charge in [0.1, 0.15) is 19.3 Å². The Hall–Kier alpha value is -1.94. The molecule has 0 aliphatic carbocycles. The van der Waals surface area contributed by atoms with Gasteiger partial charge in [-0.05, 0) is 49.4 Å². The first kappa shape index (κ1) is 89.1. The Morgan fingerprint density at radius 1 is 0.308 bits per heavy atom. The summed E-state index contributed by atoms with van der Waals surface area (Å²) in [6.45, 7) is 14.0. The minimum Gasteiger partial charge on any atom is -0.462 e. The van der Waals surface area contributed by atoms with E-state index in [-0.39, 0.29) is 25.7 Å². The van der Waals surface area contributed by atoms with Crippen LogP contribution in [0.4, 0.5) is 0 Å². The van der Waals surface area contributed by atoms with Crippen LogP contribution in [0, 0.1) is 23.7 Å². The zero-order valence-electron chi connectivity index (χ0n) is 59.5. The van der Waals surface area contributed by atoms with Gasteiger partial charge in [0.05, 0.1) is 26.4 Å². The number of esters is 4. The Morgan fingerprint density at radius 3 is 0.780 bits per heavy atom. The number of aliphatic hydroxyl groups is 1. The van der Waals surface area contributed by atoms with E-state index in [0.29, 0.717) is 31.6 Å². The van der Waals surface area contributed by atoms with Gasteiger partial charge in [-0.25, -0.2) is 9.13 Å². The highest BCUT2D eigenvalue weighted by Crippen LogP contribution is 2.45. The highest BCUT2D eigenvalue weighted by atomic mass is 31.2. The number of phosphoric ester groups is 2. The first-order valence-electron chi connectivity index (χ1n) is 37.3. The van der Waals surface area contributed by atoms with Crippen LogP contribution >= 0.6 is 15.6 Å². The van der Waals surface area contributed by atoms with Crippen LogP contribution in [0.5, 0.6) is 0 Å². The Bertz CT molecular complexity index is 1800. The molecule has 0 saturated heterocycles. The molecule has 5 unspecified atom stereocenters. The number of hydrogen-bond acceptors (Lipinski definition) is 15. The summed E-state index contributed by atoms with van der Waals surface area (Å²) in [5.41, 5.74) is 0. The summed E-state index contributed by atoms with van der Waals surface area (Å²) in [5, 5.41) is 10.6. The molecule has 0 fully saturated rings. The van der Waals surface area contributed by atoms with Crippen molar-refractivity contribution < 1.29 is 80.2 Å². The van der Waals surface area contributed by atoms with Crippen molar-refractivity contribution in [1.29, 1.82) is 0 Å². The topological polar surface area (TPSA) is 237 Å². The van der Waals surface area contributed by atoms with Crippen molar-refractivity contribution >= 4 is 39.5 Å². The van der Waals surface area contributed by atoms with Crippen LogP contribution in [0.3, 0.4) is 0 Å². The second kappa shape index (κ2) is 61.6. The summed E-state index contributed by atoms with van der Waals surface area (Å²) in [6, 6.07) is 0. The van der Waals surface area contributed by atoms with Crippen LogP contribution in [0.15, 0.2) is 0 Å². The number of ether oxygens (including phenoxy) is 4. The Morgan fingerprint density at radius 2 is 0.527 bits per heavy atom. The number of hydrogen-bond donors (Lipinski definition) is 3. The molecule has 0 radical (unpaired) electrons. The monoisotopic (exact) mass is 1340 g/mol. The molecule has 0 aliphatic heterocycles. The normalized spacial score (nSPS) is 14.8. The molecule has 540 valence electrons. The minimum absolute atomic E-state index is 0.102. The fraction of sp³-hybridized carbons (Fsp3) is 0.944. The zero-order chi connectivity index (χ0) is 67.5. The predicted octanol–water partition coefficient (Wildman–Crippen LogP) is 20.5. The summed E-state index contributed by atoms with van der Waals surface area (Å²) in [7, 11) is -9.90. The van der Waals surface area contributed by atoms with Crippen molar-refractivity contribution in [2.24, 2.45) is 23.7 Å². The molecular formula is C72H140O17P2. The van der Waals surface area contributed by atoms with Crippen molar-refractivity contribution in [2.45, 2.75) is 375 Å². The Balaban J connectivity index is 5.13. The average Bonchev–Trinajstić information content (AvgIpc) is 3.06. The fourth-order valence-electron chi connectivity index (χ4n) is 10.8. The molecule has 0 heterocycles. The quantitative estimate of drug-likeness (QED) is 0.0222. The summed E-state index contributed by atoms with van der Waals surface area (Å²) >= 11 is 0. The van der Waals surface area contributed by atoms with Gasteiger partial charge in [0.25, 0.3) is 0 Å². The molecule has 3 N–H and O–H groups in total. The lowest BCUT2D eigenvalue weighted by Gasteiger charge is -2.21. The molecule has 0 spiro atoms. The van der Waals surface area contributed by atoms with E-state index >= 15 is 0 Å². The molecule has 0 bridgehead atoms. The van der Waals surface area contributed by atoms with Crippen molar-refractivity contribution in [3.63, 3.8) is 0 Å². The number of aliphatic hydroxyl groups excluding tert-OH is 1. The summed E-state index contributed by atoms with van der Waals surface area (Å²) in [5.74, 6) is 0.834. The molecule has 0 aromatic rings. The fourth-order valence-corrected chi connectivity index (χ4v) is 12.4. The molecule has 0 saturated carbocycles. The lowest BCUT2D eigenvalue weighted by atomic mass is 10.00. The van der Waals surface area contributed by atoms with E-state index in [1.807, 2.05) is 0 Å². The van der Waals surface area contributed by atoms with Crippen molar-refractivity contribution in [3.05, 3.63) is 0 Å². The van der Waals surface area contributed by atoms with Crippen LogP contribution in [-0.4, -0.2) is 96.7 Å². The van der Waals surface area contributed by atoms with Crippen LogP contribution in [0.2, 0.25) is 0 Å². The predicted molar refractivity (Wildman–Crippen MR) is 367 cm³/mol. The maximum atomic E-state index is 13.0. The van der Waals surface area contributed by atoms with Gasteiger partial charge in [-0.1, -0.05) is 306 Å². The molecule has 17 nitrogen and oxygen atoms in total. The van der Waals surface area contributed by atoms with Crippen LogP contribution < -0.4 is 0 Å². The van der Waals surface area contributed by atoms with Crippen LogP contribution in [0.1, 0.15) is 357 Å². The van der Waals surface area contributed by atoms with Gasteiger partial charge >= 0.3 is 39.5 Å². The zero-order valence-corrected chi connectivity index (χ0v) is 61.3. The summed E-state index contributed by atoms with van der Waals surface area (Å²) in [6.07, 6.45) is 44.8. The van der Waals surface area contributed by atoms with Gasteiger partial charge in [0.2, 0.25) is 0 Å². The molecule has 19 heteroatoms. The van der Waals surface area contributed by atoms with Crippen molar-refractivity contribution in [3.8, 4) is 0 Å². The highest BCUT2D eigenvalue weighted by molar-refractivity contribution is 7.47. The summed E-state index contributed by atoms with van der Waals surface area (Å²) < 4.78 is 68.2. The molecule has 0 aliphatic rings. The van der Waals surface area contributed by atoms with E-state index in [9.17, 15) is 43.2 Å². The standard InChI is InChI=1S/C72H140O17P2/c1-9-64(7)50-42-34-28-30-38-46-54-71(76)88-67(58-82-69(74)52-44-36-26-22-20-18-16-14-12-11-13-15-17-19-21-24-32-40-48-62(3)4)60-86-90(78,79)84-56-66(73)57-85-91(80,81)87-61-68(89-72(77)55-47-39-31-29-35-43-51-65(8)10-2)59-83-70(75)53-45-37-27-23-25-33-41-49-63(5)6/h62-68,73H,9-61H2,1-8H3,(H,78,79)(H,80,81)/t64?,65?,66?,67-,68-/m1/s1. The second-order valence-electron chi connectivity index (χ2n) is 27.4. The summed E-state index contributed by atoms with van der Waals surface area (Å²) in [4.78, 5) is 72.5. The minimum atomic E-state index is -4.95. The average molecular weight is 1340 g/mol. The van der Waals surface area contributed by atoms with E-state index in [4.69, 9.17) is 37.0 Å². The third kappa shape index (κ3) is 63.9. The molecule has 0 aromatic carbocycles. The largest absolute Gasteiger partial charge is 0.472 e. The maximum absolute atomic E-state index is 13.0. The van der Waals surface area contributed by atoms with E-state index in [0.717, 1.165) is 114 Å². The lowest BCUT2D eigenvalue weighted by Crippen LogP contribution is -2.30. The van der Waals surface area contributed by atoms with Gasteiger partial charge in [0, 0.05) is 25.7 Å². The number of unbranched alkanes of at least 4 members (excludes halogenated alkanes) is 33. The van der Waals surface area contributed by atoms with E-state index in [1.165, 1.54) is 154 Å². The Kier molecular flexibility index (Phi) is 60.3. The first-order chi connectivity index (χ1) is 43.7. The van der Waals surface area contributed by atoms with Gasteiger partial charge in [-0.15, -0.1) is 0 Å². The molecule has 0 rings (SSSR count). The molecule has 0 amide bonds. The maximum Gasteiger partial charge on any atom is 0.472 e. The molecule has 91 heavy (non-hydrogen) atoms.